The van der Waals surface area contributed by atoms with Gasteiger partial charge in [0.2, 0.25) is 0 Å². The van der Waals surface area contributed by atoms with Crippen LogP contribution in [0.2, 0.25) is 0 Å². The monoisotopic (exact) mass is 150 g/mol. The van der Waals surface area contributed by atoms with Crippen molar-refractivity contribution in [2.24, 2.45) is 5.92 Å². The van der Waals surface area contributed by atoms with Crippen molar-refractivity contribution in [2.75, 3.05) is 0 Å². The fourth-order valence-electron chi connectivity index (χ4n) is 1.40. The van der Waals surface area contributed by atoms with Gasteiger partial charge in [-0.1, -0.05) is 17.7 Å². The molecule has 0 aromatic heterocycles. The van der Waals surface area contributed by atoms with Crippen molar-refractivity contribution in [3.05, 3.63) is 24.3 Å². The van der Waals surface area contributed by atoms with E-state index in [2.05, 4.69) is 12.7 Å². The molecule has 0 fully saturated rings. The van der Waals surface area contributed by atoms with Crippen LogP contribution in [-0.4, -0.2) is 6.29 Å². The zero-order valence-electron chi connectivity index (χ0n) is 6.75. The lowest BCUT2D eigenvalue weighted by atomic mass is 9.89. The maximum Gasteiger partial charge on any atom is 0.123 e. The van der Waals surface area contributed by atoms with Crippen LogP contribution in [0.4, 0.5) is 0 Å². The molecular weight excluding hydrogens is 136 g/mol. The predicted molar refractivity (Wildman–Crippen MR) is 46.3 cm³/mol. The number of carbonyl (C=O) groups is 1. The van der Waals surface area contributed by atoms with Crippen LogP contribution in [0.3, 0.4) is 0 Å². The molecule has 0 N–H and O–H groups in total. The minimum absolute atomic E-state index is 0.281. The summed E-state index contributed by atoms with van der Waals surface area (Å²) in [5.41, 5.74) is 1.44. The van der Waals surface area contributed by atoms with Gasteiger partial charge in [0.15, 0.2) is 0 Å². The summed E-state index contributed by atoms with van der Waals surface area (Å²) in [6, 6.07) is 0. The molecule has 0 aliphatic heterocycles. The fourth-order valence-corrected chi connectivity index (χ4v) is 1.40. The van der Waals surface area contributed by atoms with E-state index in [0.29, 0.717) is 0 Å². The first-order valence-electron chi connectivity index (χ1n) is 4.11. The van der Waals surface area contributed by atoms with Gasteiger partial charge in [-0.3, -0.25) is 0 Å². The molecule has 0 saturated carbocycles. The summed E-state index contributed by atoms with van der Waals surface area (Å²) in [6.07, 6.45) is 9.22. The summed E-state index contributed by atoms with van der Waals surface area (Å²) in [6.45, 7) is 3.68. The second-order valence-corrected chi connectivity index (χ2v) is 3.03. The van der Waals surface area contributed by atoms with Gasteiger partial charge in [0.25, 0.3) is 0 Å². The lowest BCUT2D eigenvalue weighted by Crippen LogP contribution is -2.06. The van der Waals surface area contributed by atoms with E-state index in [-0.39, 0.29) is 5.92 Å². The van der Waals surface area contributed by atoms with Gasteiger partial charge in [0.05, 0.1) is 0 Å². The number of hydrogen-bond acceptors (Lipinski definition) is 1. The second-order valence-electron chi connectivity index (χ2n) is 3.03. The molecule has 1 aliphatic rings. The molecule has 1 unspecified atom stereocenters. The zero-order valence-corrected chi connectivity index (χ0v) is 6.75. The van der Waals surface area contributed by atoms with Gasteiger partial charge in [-0.2, -0.15) is 0 Å². The number of rotatable bonds is 3. The first-order chi connectivity index (χ1) is 5.36. The molecule has 0 aromatic rings. The Labute approximate surface area is 67.8 Å². The third kappa shape index (κ3) is 2.34. The van der Waals surface area contributed by atoms with Gasteiger partial charge in [0.1, 0.15) is 6.29 Å². The van der Waals surface area contributed by atoms with E-state index < -0.39 is 0 Å². The van der Waals surface area contributed by atoms with Crippen molar-refractivity contribution in [1.29, 1.82) is 0 Å². The van der Waals surface area contributed by atoms with Crippen molar-refractivity contribution in [3.8, 4) is 0 Å². The molecule has 60 valence electrons. The smallest absolute Gasteiger partial charge is 0.123 e. The number of aldehydes is 1. The SMILES string of the molecule is C=CCC1=CCC(C=O)CC1. The molecule has 1 rings (SSSR count). The largest absolute Gasteiger partial charge is 0.303 e. The Hall–Kier alpha value is -0.850. The van der Waals surface area contributed by atoms with Gasteiger partial charge in [-0.15, -0.1) is 6.58 Å². The molecule has 1 atom stereocenters. The molecule has 0 saturated heterocycles. The van der Waals surface area contributed by atoms with Crippen LogP contribution in [0.15, 0.2) is 24.3 Å². The Kier molecular flexibility index (Phi) is 3.09. The first-order valence-corrected chi connectivity index (χ1v) is 4.11. The highest BCUT2D eigenvalue weighted by Crippen LogP contribution is 2.23. The van der Waals surface area contributed by atoms with E-state index in [1.54, 1.807) is 0 Å². The van der Waals surface area contributed by atoms with Crippen molar-refractivity contribution < 1.29 is 4.79 Å². The van der Waals surface area contributed by atoms with E-state index in [4.69, 9.17) is 0 Å². The van der Waals surface area contributed by atoms with Crippen molar-refractivity contribution in [1.82, 2.24) is 0 Å². The van der Waals surface area contributed by atoms with Crippen LogP contribution in [0.5, 0.6) is 0 Å². The van der Waals surface area contributed by atoms with Crippen molar-refractivity contribution in [3.63, 3.8) is 0 Å². The number of allylic oxidation sites excluding steroid dienone is 3. The molecular formula is C10H14O. The van der Waals surface area contributed by atoms with Crippen LogP contribution in [0, 0.1) is 5.92 Å². The third-order valence-electron chi connectivity index (χ3n) is 2.14. The molecule has 0 spiro atoms. The van der Waals surface area contributed by atoms with E-state index in [9.17, 15) is 4.79 Å². The van der Waals surface area contributed by atoms with Crippen LogP contribution < -0.4 is 0 Å². The Morgan fingerprint density at radius 2 is 2.55 bits per heavy atom. The zero-order chi connectivity index (χ0) is 8.10. The van der Waals surface area contributed by atoms with E-state index >= 15 is 0 Å². The molecule has 0 heterocycles. The maximum atomic E-state index is 10.4. The Morgan fingerprint density at radius 3 is 3.00 bits per heavy atom. The number of carbonyl (C=O) groups excluding carboxylic acids is 1. The predicted octanol–water partition coefficient (Wildman–Crippen LogP) is 2.49. The quantitative estimate of drug-likeness (QED) is 0.446. The molecule has 1 nitrogen and oxygen atoms in total. The van der Waals surface area contributed by atoms with Gasteiger partial charge in [-0.25, -0.2) is 0 Å². The summed E-state index contributed by atoms with van der Waals surface area (Å²) < 4.78 is 0. The normalized spacial score (nSPS) is 24.0. The van der Waals surface area contributed by atoms with E-state index in [1.807, 2.05) is 6.08 Å². The average molecular weight is 150 g/mol. The minimum Gasteiger partial charge on any atom is -0.303 e. The summed E-state index contributed by atoms with van der Waals surface area (Å²) in [5, 5.41) is 0. The van der Waals surface area contributed by atoms with Gasteiger partial charge < -0.3 is 4.79 Å². The average Bonchev–Trinajstić information content (AvgIpc) is 2.07. The summed E-state index contributed by atoms with van der Waals surface area (Å²) in [7, 11) is 0. The first kappa shape index (κ1) is 8.25. The molecule has 0 bridgehead atoms. The maximum absolute atomic E-state index is 10.4. The van der Waals surface area contributed by atoms with Crippen LogP contribution in [-0.2, 0) is 4.79 Å². The lowest BCUT2D eigenvalue weighted by Gasteiger charge is -2.15. The molecule has 0 aromatic carbocycles. The second kappa shape index (κ2) is 4.12. The van der Waals surface area contributed by atoms with Crippen LogP contribution in [0.1, 0.15) is 25.7 Å². The Balaban J connectivity index is 2.42. The van der Waals surface area contributed by atoms with Gasteiger partial charge in [0, 0.05) is 5.92 Å². The number of hydrogen-bond donors (Lipinski definition) is 0. The molecule has 11 heavy (non-hydrogen) atoms. The summed E-state index contributed by atoms with van der Waals surface area (Å²) in [5.74, 6) is 0.281. The fraction of sp³-hybridized carbons (Fsp3) is 0.500. The highest BCUT2D eigenvalue weighted by molar-refractivity contribution is 5.54. The molecule has 1 heteroatoms. The molecule has 1 aliphatic carbocycles. The van der Waals surface area contributed by atoms with Gasteiger partial charge >= 0.3 is 0 Å². The highest BCUT2D eigenvalue weighted by atomic mass is 16.1. The highest BCUT2D eigenvalue weighted by Gasteiger charge is 2.11. The molecule has 0 radical (unpaired) electrons. The lowest BCUT2D eigenvalue weighted by molar-refractivity contribution is -0.111. The topological polar surface area (TPSA) is 17.1 Å². The standard InChI is InChI=1S/C10H14O/c1-2-3-9-4-6-10(8-11)7-5-9/h2,4,8,10H,1,3,5-7H2. The Morgan fingerprint density at radius 1 is 1.73 bits per heavy atom. The Bertz CT molecular complexity index is 179. The van der Waals surface area contributed by atoms with Crippen molar-refractivity contribution in [2.45, 2.75) is 25.7 Å². The summed E-state index contributed by atoms with van der Waals surface area (Å²) >= 11 is 0. The third-order valence-corrected chi connectivity index (χ3v) is 2.14. The van der Waals surface area contributed by atoms with E-state index in [1.165, 1.54) is 5.57 Å². The summed E-state index contributed by atoms with van der Waals surface area (Å²) in [4.78, 5) is 10.4. The van der Waals surface area contributed by atoms with Gasteiger partial charge in [-0.05, 0) is 25.7 Å². The minimum atomic E-state index is 0.281. The van der Waals surface area contributed by atoms with Crippen LogP contribution in [0.25, 0.3) is 0 Å². The molecule has 0 amide bonds. The van der Waals surface area contributed by atoms with E-state index in [0.717, 1.165) is 32.0 Å². The van der Waals surface area contributed by atoms with Crippen molar-refractivity contribution >= 4 is 6.29 Å². The van der Waals surface area contributed by atoms with Crippen LogP contribution >= 0.6 is 0 Å².